The number of carbonyl (C=O) groups excluding carboxylic acids is 1. The van der Waals surface area contributed by atoms with Gasteiger partial charge in [0.2, 0.25) is 0 Å². The van der Waals surface area contributed by atoms with Crippen LogP contribution in [0.5, 0.6) is 0 Å². The van der Waals surface area contributed by atoms with Crippen LogP contribution < -0.4 is 5.32 Å². The van der Waals surface area contributed by atoms with Crippen molar-refractivity contribution in [3.05, 3.63) is 0 Å². The zero-order chi connectivity index (χ0) is 20.9. The Morgan fingerprint density at radius 2 is 1.72 bits per heavy atom. The van der Waals surface area contributed by atoms with Gasteiger partial charge in [-0.15, -0.1) is 0 Å². The maximum Gasteiger partial charge on any atom is 0.410 e. The fraction of sp³-hybridized carbons (Fsp3) is 0.905. The van der Waals surface area contributed by atoms with Crippen LogP contribution in [0.1, 0.15) is 40.0 Å². The van der Waals surface area contributed by atoms with E-state index in [1.165, 1.54) is 6.42 Å². The molecule has 0 bridgehead atoms. The third-order valence-electron chi connectivity index (χ3n) is 6.05. The van der Waals surface area contributed by atoms with Crippen molar-refractivity contribution in [2.75, 3.05) is 66.1 Å². The predicted octanol–water partition coefficient (Wildman–Crippen LogP) is 1.62. The molecule has 0 aromatic carbocycles. The van der Waals surface area contributed by atoms with E-state index >= 15 is 0 Å². The van der Waals surface area contributed by atoms with Crippen molar-refractivity contribution in [2.24, 2.45) is 10.9 Å². The van der Waals surface area contributed by atoms with Crippen LogP contribution >= 0.6 is 0 Å². The molecule has 0 aliphatic carbocycles. The highest BCUT2D eigenvalue weighted by atomic mass is 16.6. The average Bonchev–Trinajstić information content (AvgIpc) is 3.18. The van der Waals surface area contributed by atoms with Crippen molar-refractivity contribution < 1.29 is 14.3 Å². The van der Waals surface area contributed by atoms with Gasteiger partial charge in [-0.05, 0) is 46.0 Å². The van der Waals surface area contributed by atoms with E-state index < -0.39 is 5.60 Å². The second-order valence-electron chi connectivity index (χ2n) is 9.38. The molecule has 1 atom stereocenters. The number of rotatable bonds is 3. The van der Waals surface area contributed by atoms with Crippen LogP contribution in [0, 0.1) is 5.92 Å². The van der Waals surface area contributed by atoms with E-state index in [-0.39, 0.29) is 6.09 Å². The third-order valence-corrected chi connectivity index (χ3v) is 6.05. The van der Waals surface area contributed by atoms with Crippen LogP contribution in [0.15, 0.2) is 4.99 Å². The number of aliphatic imine (C=N–C) groups is 1. The van der Waals surface area contributed by atoms with E-state index in [4.69, 9.17) is 9.47 Å². The van der Waals surface area contributed by atoms with Gasteiger partial charge < -0.3 is 24.6 Å². The number of hydrogen-bond acceptors (Lipinski definition) is 5. The van der Waals surface area contributed by atoms with E-state index in [1.807, 2.05) is 32.7 Å². The lowest BCUT2D eigenvalue weighted by Gasteiger charge is -2.34. The smallest absolute Gasteiger partial charge is 0.410 e. The molecule has 0 aromatic rings. The van der Waals surface area contributed by atoms with Gasteiger partial charge in [0.05, 0.1) is 13.2 Å². The van der Waals surface area contributed by atoms with E-state index in [0.717, 1.165) is 77.8 Å². The van der Waals surface area contributed by atoms with Gasteiger partial charge in [0.1, 0.15) is 5.60 Å². The monoisotopic (exact) mass is 409 g/mol. The highest BCUT2D eigenvalue weighted by Crippen LogP contribution is 2.20. The molecule has 1 amide bonds. The fourth-order valence-electron chi connectivity index (χ4n) is 4.39. The van der Waals surface area contributed by atoms with E-state index in [9.17, 15) is 4.79 Å². The standard InChI is InChI=1S/C21H39N5O3/c1-21(2,3)29-20(27)25-8-5-17(6-9-25)15-23-19(22-4)26-10-7-18(16-26)24-11-13-28-14-12-24/h17-18H,5-16H2,1-4H3,(H,22,23). The summed E-state index contributed by atoms with van der Waals surface area (Å²) in [6.45, 7) is 14.1. The van der Waals surface area contributed by atoms with Crippen molar-refractivity contribution in [1.82, 2.24) is 20.0 Å². The van der Waals surface area contributed by atoms with Crippen LogP contribution in [0.3, 0.4) is 0 Å². The van der Waals surface area contributed by atoms with Crippen LogP contribution in [0.4, 0.5) is 4.79 Å². The summed E-state index contributed by atoms with van der Waals surface area (Å²) >= 11 is 0. The molecule has 3 fully saturated rings. The SMILES string of the molecule is CN=C(NCC1CCN(C(=O)OC(C)(C)C)CC1)N1CCC(N2CCOCC2)C1. The number of ether oxygens (including phenoxy) is 2. The quantitative estimate of drug-likeness (QED) is 0.564. The summed E-state index contributed by atoms with van der Waals surface area (Å²) in [6.07, 6.45) is 3.00. The molecule has 0 radical (unpaired) electrons. The Balaban J connectivity index is 1.39. The molecule has 0 aromatic heterocycles. The molecule has 3 heterocycles. The van der Waals surface area contributed by atoms with Gasteiger partial charge in [0, 0.05) is 58.9 Å². The molecule has 1 N–H and O–H groups in total. The van der Waals surface area contributed by atoms with Crippen LogP contribution in [-0.2, 0) is 9.47 Å². The topological polar surface area (TPSA) is 69.6 Å². The van der Waals surface area contributed by atoms with Gasteiger partial charge in [-0.25, -0.2) is 4.79 Å². The first-order chi connectivity index (χ1) is 13.9. The summed E-state index contributed by atoms with van der Waals surface area (Å²) < 4.78 is 11.0. The van der Waals surface area contributed by atoms with Crippen LogP contribution in [0.2, 0.25) is 0 Å². The number of carbonyl (C=O) groups is 1. The van der Waals surface area contributed by atoms with Gasteiger partial charge in [-0.1, -0.05) is 0 Å². The zero-order valence-electron chi connectivity index (χ0n) is 18.7. The summed E-state index contributed by atoms with van der Waals surface area (Å²) in [7, 11) is 1.87. The van der Waals surface area contributed by atoms with Gasteiger partial charge in [-0.3, -0.25) is 9.89 Å². The summed E-state index contributed by atoms with van der Waals surface area (Å²) in [6, 6.07) is 0.606. The van der Waals surface area contributed by atoms with E-state index in [0.29, 0.717) is 12.0 Å². The highest BCUT2D eigenvalue weighted by Gasteiger charge is 2.31. The maximum atomic E-state index is 12.2. The van der Waals surface area contributed by atoms with Crippen molar-refractivity contribution in [1.29, 1.82) is 0 Å². The molecular weight excluding hydrogens is 370 g/mol. The largest absolute Gasteiger partial charge is 0.444 e. The number of nitrogens with zero attached hydrogens (tertiary/aromatic N) is 4. The first-order valence-electron chi connectivity index (χ1n) is 11.1. The minimum Gasteiger partial charge on any atom is -0.444 e. The van der Waals surface area contributed by atoms with Crippen molar-refractivity contribution in [3.63, 3.8) is 0 Å². The lowest BCUT2D eigenvalue weighted by atomic mass is 9.97. The maximum absolute atomic E-state index is 12.2. The summed E-state index contributed by atoms with van der Waals surface area (Å²) in [4.78, 5) is 23.5. The Labute approximate surface area is 175 Å². The van der Waals surface area contributed by atoms with Crippen LogP contribution in [-0.4, -0.2) is 104 Å². The minimum absolute atomic E-state index is 0.189. The second-order valence-corrected chi connectivity index (χ2v) is 9.38. The normalized spacial score (nSPS) is 25.4. The Morgan fingerprint density at radius 3 is 2.34 bits per heavy atom. The first kappa shape index (κ1) is 22.2. The van der Waals surface area contributed by atoms with Crippen LogP contribution in [0.25, 0.3) is 0 Å². The molecule has 1 unspecified atom stereocenters. The molecule has 0 saturated carbocycles. The van der Waals surface area contributed by atoms with Gasteiger partial charge in [0.25, 0.3) is 0 Å². The zero-order valence-corrected chi connectivity index (χ0v) is 18.7. The summed E-state index contributed by atoms with van der Waals surface area (Å²) in [5, 5.41) is 3.58. The average molecular weight is 410 g/mol. The van der Waals surface area contributed by atoms with Crippen molar-refractivity contribution in [2.45, 2.75) is 51.7 Å². The highest BCUT2D eigenvalue weighted by molar-refractivity contribution is 5.80. The van der Waals surface area contributed by atoms with Crippen molar-refractivity contribution >= 4 is 12.1 Å². The number of nitrogens with one attached hydrogen (secondary N) is 1. The molecule has 3 aliphatic heterocycles. The summed E-state index contributed by atoms with van der Waals surface area (Å²) in [5.41, 5.74) is -0.434. The minimum atomic E-state index is -0.434. The Bertz CT molecular complexity index is 563. The Kier molecular flexibility index (Phi) is 7.62. The molecule has 166 valence electrons. The lowest BCUT2D eigenvalue weighted by Crippen LogP contribution is -2.48. The Morgan fingerprint density at radius 1 is 1.07 bits per heavy atom. The molecule has 8 nitrogen and oxygen atoms in total. The summed E-state index contributed by atoms with van der Waals surface area (Å²) in [5.74, 6) is 1.57. The number of piperidine rings is 1. The number of likely N-dealkylation sites (tertiary alicyclic amines) is 2. The van der Waals surface area contributed by atoms with Gasteiger partial charge in [0.15, 0.2) is 5.96 Å². The first-order valence-corrected chi connectivity index (χ1v) is 11.1. The molecule has 8 heteroatoms. The van der Waals surface area contributed by atoms with Gasteiger partial charge >= 0.3 is 6.09 Å². The van der Waals surface area contributed by atoms with Gasteiger partial charge in [-0.2, -0.15) is 0 Å². The Hall–Kier alpha value is -1.54. The second kappa shape index (κ2) is 9.98. The van der Waals surface area contributed by atoms with E-state index in [1.54, 1.807) is 0 Å². The number of guanidine groups is 1. The molecule has 29 heavy (non-hydrogen) atoms. The predicted molar refractivity (Wildman–Crippen MR) is 114 cm³/mol. The molecule has 3 aliphatic rings. The molecule has 3 rings (SSSR count). The van der Waals surface area contributed by atoms with Crippen molar-refractivity contribution in [3.8, 4) is 0 Å². The number of amides is 1. The number of morpholine rings is 1. The lowest BCUT2D eigenvalue weighted by molar-refractivity contribution is 0.0183. The molecule has 0 spiro atoms. The van der Waals surface area contributed by atoms with E-state index in [2.05, 4.69) is 20.1 Å². The number of hydrogen-bond donors (Lipinski definition) is 1. The third kappa shape index (κ3) is 6.47. The molecular formula is C21H39N5O3. The molecule has 3 saturated heterocycles. The fourth-order valence-corrected chi connectivity index (χ4v) is 4.39.